The summed E-state index contributed by atoms with van der Waals surface area (Å²) in [6.45, 7) is 4.52. The maximum atomic E-state index is 12.1. The van der Waals surface area contributed by atoms with Gasteiger partial charge in [0.1, 0.15) is 11.3 Å². The Kier molecular flexibility index (Phi) is 4.99. The van der Waals surface area contributed by atoms with Crippen LogP contribution in [-0.4, -0.2) is 41.6 Å². The fourth-order valence-electron chi connectivity index (χ4n) is 2.29. The minimum absolute atomic E-state index is 0.0612. The number of rotatable bonds is 5. The SMILES string of the molecule is CCN(CC)C(=O)COC(=O)c1ccc2ccccc2c1O. The summed E-state index contributed by atoms with van der Waals surface area (Å²) in [6, 6.07) is 10.4. The van der Waals surface area contributed by atoms with Crippen LogP contribution in [0.4, 0.5) is 0 Å². The predicted octanol–water partition coefficient (Wildman–Crippen LogP) is 2.57. The minimum Gasteiger partial charge on any atom is -0.506 e. The highest BCUT2D eigenvalue weighted by Gasteiger charge is 2.18. The van der Waals surface area contributed by atoms with E-state index in [0.717, 1.165) is 5.39 Å². The third-order valence-corrected chi connectivity index (χ3v) is 3.56. The summed E-state index contributed by atoms with van der Waals surface area (Å²) in [5.41, 5.74) is 0.0612. The monoisotopic (exact) mass is 301 g/mol. The Labute approximate surface area is 129 Å². The van der Waals surface area contributed by atoms with Crippen LogP contribution in [0.1, 0.15) is 24.2 Å². The molecule has 1 amide bonds. The molecule has 0 aliphatic heterocycles. The first-order valence-corrected chi connectivity index (χ1v) is 7.24. The number of hydrogen-bond donors (Lipinski definition) is 1. The van der Waals surface area contributed by atoms with Crippen molar-refractivity contribution in [1.82, 2.24) is 4.90 Å². The Morgan fingerprint density at radius 1 is 1.09 bits per heavy atom. The number of phenolic OH excluding ortho intramolecular Hbond substituents is 1. The average Bonchev–Trinajstić information content (AvgIpc) is 2.54. The molecule has 22 heavy (non-hydrogen) atoms. The standard InChI is InChI=1S/C17H19NO4/c1-3-18(4-2)15(19)11-22-17(21)14-10-9-12-7-5-6-8-13(12)16(14)20/h5-10,20H,3-4,11H2,1-2H3. The van der Waals surface area contributed by atoms with E-state index in [4.69, 9.17) is 4.74 Å². The van der Waals surface area contributed by atoms with Crippen LogP contribution in [0, 0.1) is 0 Å². The number of benzene rings is 2. The topological polar surface area (TPSA) is 66.8 Å². The summed E-state index contributed by atoms with van der Waals surface area (Å²) < 4.78 is 5.01. The number of carbonyl (C=O) groups excluding carboxylic acids is 2. The fourth-order valence-corrected chi connectivity index (χ4v) is 2.29. The van der Waals surface area contributed by atoms with Gasteiger partial charge in [-0.1, -0.05) is 30.3 Å². The zero-order valence-corrected chi connectivity index (χ0v) is 12.7. The molecule has 5 heteroatoms. The van der Waals surface area contributed by atoms with Crippen LogP contribution in [0.3, 0.4) is 0 Å². The number of fused-ring (bicyclic) bond motifs is 1. The van der Waals surface area contributed by atoms with Gasteiger partial charge in [-0.2, -0.15) is 0 Å². The maximum Gasteiger partial charge on any atom is 0.342 e. The number of phenols is 1. The van der Waals surface area contributed by atoms with E-state index in [1.807, 2.05) is 26.0 Å². The lowest BCUT2D eigenvalue weighted by Gasteiger charge is -2.18. The summed E-state index contributed by atoms with van der Waals surface area (Å²) >= 11 is 0. The second kappa shape index (κ2) is 6.93. The molecule has 116 valence electrons. The van der Waals surface area contributed by atoms with Crippen LogP contribution in [0.2, 0.25) is 0 Å². The first-order valence-electron chi connectivity index (χ1n) is 7.24. The lowest BCUT2D eigenvalue weighted by atomic mass is 10.1. The van der Waals surface area contributed by atoms with Crippen molar-refractivity contribution in [2.45, 2.75) is 13.8 Å². The van der Waals surface area contributed by atoms with Crippen molar-refractivity contribution in [3.8, 4) is 5.75 Å². The van der Waals surface area contributed by atoms with Gasteiger partial charge in [0, 0.05) is 18.5 Å². The van der Waals surface area contributed by atoms with Gasteiger partial charge in [0.15, 0.2) is 6.61 Å². The molecule has 0 saturated heterocycles. The summed E-state index contributed by atoms with van der Waals surface area (Å²) in [4.78, 5) is 25.5. The Morgan fingerprint density at radius 2 is 1.77 bits per heavy atom. The van der Waals surface area contributed by atoms with Gasteiger partial charge in [-0.25, -0.2) is 4.79 Å². The molecular weight excluding hydrogens is 282 g/mol. The van der Waals surface area contributed by atoms with E-state index >= 15 is 0 Å². The van der Waals surface area contributed by atoms with Gasteiger partial charge in [-0.05, 0) is 25.3 Å². The molecule has 5 nitrogen and oxygen atoms in total. The number of likely N-dealkylation sites (N-methyl/N-ethyl adjacent to an activating group) is 1. The highest BCUT2D eigenvalue weighted by Crippen LogP contribution is 2.28. The zero-order chi connectivity index (χ0) is 16.1. The predicted molar refractivity (Wildman–Crippen MR) is 83.8 cm³/mol. The highest BCUT2D eigenvalue weighted by molar-refractivity contribution is 6.01. The van der Waals surface area contributed by atoms with Gasteiger partial charge < -0.3 is 14.7 Å². The van der Waals surface area contributed by atoms with Crippen LogP contribution in [0.15, 0.2) is 36.4 Å². The molecule has 2 aromatic rings. The van der Waals surface area contributed by atoms with Crippen molar-refractivity contribution in [2.24, 2.45) is 0 Å². The van der Waals surface area contributed by atoms with Gasteiger partial charge in [0.2, 0.25) is 0 Å². The first kappa shape index (κ1) is 15.8. The van der Waals surface area contributed by atoms with Crippen molar-refractivity contribution in [1.29, 1.82) is 0 Å². The second-order valence-electron chi connectivity index (χ2n) is 4.83. The molecule has 0 fully saturated rings. The molecule has 0 aliphatic rings. The average molecular weight is 301 g/mol. The van der Waals surface area contributed by atoms with Crippen molar-refractivity contribution < 1.29 is 19.4 Å². The van der Waals surface area contributed by atoms with E-state index in [-0.39, 0.29) is 23.8 Å². The molecule has 0 radical (unpaired) electrons. The Morgan fingerprint density at radius 3 is 2.45 bits per heavy atom. The van der Waals surface area contributed by atoms with E-state index < -0.39 is 5.97 Å². The maximum absolute atomic E-state index is 12.1. The van der Waals surface area contributed by atoms with Gasteiger partial charge >= 0.3 is 5.97 Å². The number of ether oxygens (including phenoxy) is 1. The molecule has 2 rings (SSSR count). The van der Waals surface area contributed by atoms with Crippen molar-refractivity contribution in [3.05, 3.63) is 42.0 Å². The Balaban J connectivity index is 2.13. The van der Waals surface area contributed by atoms with Crippen molar-refractivity contribution in [2.75, 3.05) is 19.7 Å². The highest BCUT2D eigenvalue weighted by atomic mass is 16.5. The molecule has 0 bridgehead atoms. The van der Waals surface area contributed by atoms with E-state index in [9.17, 15) is 14.7 Å². The quantitative estimate of drug-likeness (QED) is 0.862. The molecule has 0 atom stereocenters. The first-order chi connectivity index (χ1) is 10.6. The van der Waals surface area contributed by atoms with Crippen LogP contribution in [-0.2, 0) is 9.53 Å². The Hall–Kier alpha value is -2.56. The fraction of sp³-hybridized carbons (Fsp3) is 0.294. The minimum atomic E-state index is -0.705. The molecule has 0 aliphatic carbocycles. The molecule has 0 spiro atoms. The number of aromatic hydroxyl groups is 1. The number of nitrogens with zero attached hydrogens (tertiary/aromatic N) is 1. The van der Waals surface area contributed by atoms with E-state index in [0.29, 0.717) is 18.5 Å². The molecule has 1 N–H and O–H groups in total. The second-order valence-corrected chi connectivity index (χ2v) is 4.83. The third-order valence-electron chi connectivity index (χ3n) is 3.56. The lowest BCUT2D eigenvalue weighted by molar-refractivity contribution is -0.134. The smallest absolute Gasteiger partial charge is 0.342 e. The number of esters is 1. The molecular formula is C17H19NO4. The number of hydrogen-bond acceptors (Lipinski definition) is 4. The van der Waals surface area contributed by atoms with Crippen LogP contribution in [0.5, 0.6) is 5.75 Å². The van der Waals surface area contributed by atoms with Gasteiger partial charge in [-0.15, -0.1) is 0 Å². The summed E-state index contributed by atoms with van der Waals surface area (Å²) in [5.74, 6) is -1.08. The number of carbonyl (C=O) groups is 2. The van der Waals surface area contributed by atoms with Gasteiger partial charge in [0.25, 0.3) is 5.91 Å². The van der Waals surface area contributed by atoms with Crippen LogP contribution in [0.25, 0.3) is 10.8 Å². The number of amides is 1. The molecule has 2 aromatic carbocycles. The van der Waals surface area contributed by atoms with Crippen LogP contribution < -0.4 is 0 Å². The summed E-state index contributed by atoms with van der Waals surface area (Å²) in [6.07, 6.45) is 0. The summed E-state index contributed by atoms with van der Waals surface area (Å²) in [5, 5.41) is 11.6. The van der Waals surface area contributed by atoms with E-state index in [1.165, 1.54) is 6.07 Å². The molecule has 0 heterocycles. The van der Waals surface area contributed by atoms with Gasteiger partial charge in [-0.3, -0.25) is 4.79 Å². The lowest BCUT2D eigenvalue weighted by Crippen LogP contribution is -2.34. The third kappa shape index (κ3) is 3.19. The van der Waals surface area contributed by atoms with E-state index in [2.05, 4.69) is 0 Å². The van der Waals surface area contributed by atoms with Crippen molar-refractivity contribution >= 4 is 22.6 Å². The van der Waals surface area contributed by atoms with Crippen molar-refractivity contribution in [3.63, 3.8) is 0 Å². The van der Waals surface area contributed by atoms with Crippen LogP contribution >= 0.6 is 0 Å². The largest absolute Gasteiger partial charge is 0.506 e. The summed E-state index contributed by atoms with van der Waals surface area (Å²) in [7, 11) is 0. The molecule has 0 saturated carbocycles. The van der Waals surface area contributed by atoms with E-state index in [1.54, 1.807) is 23.1 Å². The normalized spacial score (nSPS) is 10.5. The molecule has 0 aromatic heterocycles. The molecule has 0 unspecified atom stereocenters. The zero-order valence-electron chi connectivity index (χ0n) is 12.7. The Bertz CT molecular complexity index is 692. The van der Waals surface area contributed by atoms with Gasteiger partial charge in [0.05, 0.1) is 0 Å².